The van der Waals surface area contributed by atoms with Gasteiger partial charge in [0, 0.05) is 19.0 Å². The Hall–Kier alpha value is -2.48. The van der Waals surface area contributed by atoms with Crippen LogP contribution in [0.2, 0.25) is 0 Å². The molecule has 1 amide bonds. The normalized spacial score (nSPS) is 10.2. The Kier molecular flexibility index (Phi) is 5.60. The van der Waals surface area contributed by atoms with Crippen LogP contribution in [0.4, 0.5) is 5.69 Å². The van der Waals surface area contributed by atoms with Gasteiger partial charge in [0.2, 0.25) is 5.91 Å². The number of nitrogens with two attached hydrogens (primary N) is 1. The molecule has 1 aromatic rings. The topological polar surface area (TPSA) is 136 Å². The van der Waals surface area contributed by atoms with Crippen molar-refractivity contribution >= 4 is 17.6 Å². The Balaban J connectivity index is 2.74. The average molecular weight is 281 g/mol. The number of nitrogens with one attached hydrogen (secondary N) is 1. The first-order valence-electron chi connectivity index (χ1n) is 5.92. The van der Waals surface area contributed by atoms with Gasteiger partial charge < -0.3 is 16.2 Å². The van der Waals surface area contributed by atoms with Crippen LogP contribution in [0.5, 0.6) is 0 Å². The molecular weight excluding hydrogens is 266 g/mol. The molecule has 1 aromatic carbocycles. The van der Waals surface area contributed by atoms with Crippen LogP contribution < -0.4 is 11.1 Å². The van der Waals surface area contributed by atoms with Crippen LogP contribution in [0.3, 0.4) is 0 Å². The van der Waals surface area contributed by atoms with Crippen LogP contribution in [0.25, 0.3) is 0 Å². The molecule has 0 aliphatic heterocycles. The number of carbonyl (C=O) groups is 2. The van der Waals surface area contributed by atoms with Gasteiger partial charge in [0.1, 0.15) is 5.56 Å². The molecule has 8 nitrogen and oxygen atoms in total. The second-order valence-electron chi connectivity index (χ2n) is 4.12. The van der Waals surface area contributed by atoms with Crippen LogP contribution in [0.15, 0.2) is 18.2 Å². The fourth-order valence-corrected chi connectivity index (χ4v) is 1.74. The molecule has 0 atom stereocenters. The largest absolute Gasteiger partial charge is 0.477 e. The zero-order valence-corrected chi connectivity index (χ0v) is 10.7. The monoisotopic (exact) mass is 281 g/mol. The first-order valence-corrected chi connectivity index (χ1v) is 5.92. The van der Waals surface area contributed by atoms with E-state index in [-0.39, 0.29) is 18.5 Å². The summed E-state index contributed by atoms with van der Waals surface area (Å²) in [6.45, 7) is 0.632. The van der Waals surface area contributed by atoms with E-state index < -0.39 is 22.5 Å². The van der Waals surface area contributed by atoms with Crippen molar-refractivity contribution in [3.8, 4) is 0 Å². The van der Waals surface area contributed by atoms with Crippen molar-refractivity contribution in [1.29, 1.82) is 0 Å². The van der Waals surface area contributed by atoms with Crippen molar-refractivity contribution in [2.24, 2.45) is 5.73 Å². The Morgan fingerprint density at radius 2 is 2.10 bits per heavy atom. The van der Waals surface area contributed by atoms with Crippen LogP contribution in [0.1, 0.15) is 28.8 Å². The quantitative estimate of drug-likeness (QED) is 0.363. The number of carboxylic acids is 1. The number of carbonyl (C=O) groups excluding carboxylic acids is 1. The third kappa shape index (κ3) is 4.32. The molecule has 0 unspecified atom stereocenters. The van der Waals surface area contributed by atoms with Crippen molar-refractivity contribution in [2.75, 3.05) is 6.54 Å². The van der Waals surface area contributed by atoms with E-state index in [2.05, 4.69) is 5.32 Å². The molecule has 0 radical (unpaired) electrons. The number of nitrogens with zero attached hydrogens (tertiary/aromatic N) is 1. The maximum Gasteiger partial charge on any atom is 0.343 e. The van der Waals surface area contributed by atoms with E-state index in [0.29, 0.717) is 18.5 Å². The highest BCUT2D eigenvalue weighted by molar-refractivity contribution is 5.94. The molecule has 0 saturated carbocycles. The first-order chi connectivity index (χ1) is 9.43. The summed E-state index contributed by atoms with van der Waals surface area (Å²) < 4.78 is 0. The number of primary amides is 1. The highest BCUT2D eigenvalue weighted by Crippen LogP contribution is 2.22. The van der Waals surface area contributed by atoms with E-state index in [1.807, 2.05) is 0 Å². The predicted octanol–water partition coefficient (Wildman–Crippen LogP) is 0.648. The Morgan fingerprint density at radius 1 is 1.40 bits per heavy atom. The molecule has 8 heteroatoms. The van der Waals surface area contributed by atoms with Crippen LogP contribution >= 0.6 is 0 Å². The molecule has 0 spiro atoms. The van der Waals surface area contributed by atoms with Gasteiger partial charge in [-0.3, -0.25) is 14.9 Å². The summed E-state index contributed by atoms with van der Waals surface area (Å²) in [5, 5.41) is 22.8. The number of hydrogen-bond acceptors (Lipinski definition) is 5. The lowest BCUT2D eigenvalue weighted by Gasteiger charge is -2.08. The molecule has 0 aliphatic carbocycles. The van der Waals surface area contributed by atoms with Crippen LogP contribution in [-0.2, 0) is 11.3 Å². The molecule has 1 rings (SSSR count). The molecule has 0 bridgehead atoms. The Bertz CT molecular complexity index is 530. The van der Waals surface area contributed by atoms with E-state index >= 15 is 0 Å². The molecule has 20 heavy (non-hydrogen) atoms. The van der Waals surface area contributed by atoms with Gasteiger partial charge in [-0.05, 0) is 18.5 Å². The van der Waals surface area contributed by atoms with Crippen molar-refractivity contribution in [3.63, 3.8) is 0 Å². The number of carboxylic acid groups (broad SMARTS) is 1. The maximum absolute atomic E-state index is 11.1. The van der Waals surface area contributed by atoms with Gasteiger partial charge in [-0.1, -0.05) is 12.1 Å². The summed E-state index contributed by atoms with van der Waals surface area (Å²) >= 11 is 0. The summed E-state index contributed by atoms with van der Waals surface area (Å²) in [6.07, 6.45) is 0.750. The minimum atomic E-state index is -1.34. The number of aromatic carboxylic acids is 1. The van der Waals surface area contributed by atoms with Crippen molar-refractivity contribution < 1.29 is 19.6 Å². The number of nitro benzene ring substituents is 1. The lowest BCUT2D eigenvalue weighted by molar-refractivity contribution is -0.385. The SMILES string of the molecule is NC(=O)CCCNCc1cccc([N+](=O)[O-])c1C(=O)O. The summed E-state index contributed by atoms with van der Waals surface area (Å²) in [5.41, 5.74) is 4.55. The Labute approximate surface area is 114 Å². The number of amides is 1. The fraction of sp³-hybridized carbons (Fsp3) is 0.333. The van der Waals surface area contributed by atoms with E-state index in [1.54, 1.807) is 0 Å². The van der Waals surface area contributed by atoms with Gasteiger partial charge in [0.15, 0.2) is 0 Å². The maximum atomic E-state index is 11.1. The third-order valence-electron chi connectivity index (χ3n) is 2.63. The summed E-state index contributed by atoms with van der Waals surface area (Å²) in [5.74, 6) is -1.75. The van der Waals surface area contributed by atoms with E-state index in [1.165, 1.54) is 12.1 Å². The van der Waals surface area contributed by atoms with Gasteiger partial charge in [-0.25, -0.2) is 4.79 Å². The van der Waals surface area contributed by atoms with Gasteiger partial charge in [-0.2, -0.15) is 0 Å². The van der Waals surface area contributed by atoms with Crippen LogP contribution in [0, 0.1) is 10.1 Å². The molecule has 0 saturated heterocycles. The summed E-state index contributed by atoms with van der Waals surface area (Å²) in [7, 11) is 0. The smallest absolute Gasteiger partial charge is 0.343 e. The number of nitro groups is 1. The number of hydrogen-bond donors (Lipinski definition) is 3. The highest BCUT2D eigenvalue weighted by atomic mass is 16.6. The van der Waals surface area contributed by atoms with E-state index in [4.69, 9.17) is 10.8 Å². The lowest BCUT2D eigenvalue weighted by atomic mass is 10.1. The zero-order chi connectivity index (χ0) is 15.1. The molecular formula is C12H15N3O5. The van der Waals surface area contributed by atoms with Crippen molar-refractivity contribution in [1.82, 2.24) is 5.32 Å². The second-order valence-corrected chi connectivity index (χ2v) is 4.12. The molecule has 108 valence electrons. The minimum absolute atomic E-state index is 0.169. The van der Waals surface area contributed by atoms with Gasteiger partial charge >= 0.3 is 5.97 Å². The zero-order valence-electron chi connectivity index (χ0n) is 10.7. The molecule has 0 fully saturated rings. The minimum Gasteiger partial charge on any atom is -0.477 e. The molecule has 0 aromatic heterocycles. The summed E-state index contributed by atoms with van der Waals surface area (Å²) in [4.78, 5) is 31.7. The second kappa shape index (κ2) is 7.19. The third-order valence-corrected chi connectivity index (χ3v) is 2.63. The Morgan fingerprint density at radius 3 is 2.65 bits per heavy atom. The van der Waals surface area contributed by atoms with E-state index in [9.17, 15) is 19.7 Å². The molecule has 4 N–H and O–H groups in total. The van der Waals surface area contributed by atoms with Crippen molar-refractivity contribution in [2.45, 2.75) is 19.4 Å². The van der Waals surface area contributed by atoms with Crippen LogP contribution in [-0.4, -0.2) is 28.5 Å². The lowest BCUT2D eigenvalue weighted by Crippen LogP contribution is -2.20. The fourth-order valence-electron chi connectivity index (χ4n) is 1.74. The summed E-state index contributed by atoms with van der Waals surface area (Å²) in [6, 6.07) is 4.10. The standard InChI is InChI=1S/C12H15N3O5/c13-10(16)5-2-6-14-7-8-3-1-4-9(15(19)20)11(8)12(17)18/h1,3-4,14H,2,5-7H2,(H2,13,16)(H,17,18). The highest BCUT2D eigenvalue weighted by Gasteiger charge is 2.22. The number of rotatable bonds is 8. The van der Waals surface area contributed by atoms with Gasteiger partial charge in [-0.15, -0.1) is 0 Å². The van der Waals surface area contributed by atoms with Crippen molar-refractivity contribution in [3.05, 3.63) is 39.4 Å². The molecule has 0 heterocycles. The molecule has 0 aliphatic rings. The van der Waals surface area contributed by atoms with E-state index in [0.717, 1.165) is 6.07 Å². The first kappa shape index (κ1) is 15.6. The number of benzene rings is 1. The van der Waals surface area contributed by atoms with Gasteiger partial charge in [0.25, 0.3) is 5.69 Å². The van der Waals surface area contributed by atoms with Gasteiger partial charge in [0.05, 0.1) is 4.92 Å². The predicted molar refractivity (Wildman–Crippen MR) is 70.2 cm³/mol. The average Bonchev–Trinajstić information content (AvgIpc) is 2.37.